The average Bonchev–Trinajstić information content (AvgIpc) is 2.90. The first-order valence-corrected chi connectivity index (χ1v) is 6.95. The van der Waals surface area contributed by atoms with Gasteiger partial charge < -0.3 is 0 Å². The van der Waals surface area contributed by atoms with E-state index in [1.807, 2.05) is 47.3 Å². The minimum Gasteiger partial charge on any atom is -0.297 e. The first-order valence-electron chi connectivity index (χ1n) is 6.16. The van der Waals surface area contributed by atoms with Crippen molar-refractivity contribution in [3.05, 3.63) is 59.6 Å². The van der Waals surface area contributed by atoms with Gasteiger partial charge in [0.15, 0.2) is 0 Å². The summed E-state index contributed by atoms with van der Waals surface area (Å²) in [5.74, 6) is 0. The zero-order valence-corrected chi connectivity index (χ0v) is 11.9. The number of aromatic nitrogens is 4. The van der Waals surface area contributed by atoms with Crippen molar-refractivity contribution < 1.29 is 0 Å². The van der Waals surface area contributed by atoms with E-state index in [1.54, 1.807) is 12.4 Å². The third kappa shape index (κ3) is 1.71. The Morgan fingerprint density at radius 2 is 1.85 bits per heavy atom. The molecule has 0 spiro atoms. The summed E-state index contributed by atoms with van der Waals surface area (Å²) >= 11 is 3.42. The smallest absolute Gasteiger partial charge is 0.113 e. The number of hydrogen-bond donors (Lipinski definition) is 0. The molecule has 3 aromatic heterocycles. The van der Waals surface area contributed by atoms with Crippen molar-refractivity contribution in [3.63, 3.8) is 0 Å². The highest BCUT2D eigenvalue weighted by Gasteiger charge is 2.09. The monoisotopic (exact) mass is 324 g/mol. The van der Waals surface area contributed by atoms with Crippen molar-refractivity contribution in [2.75, 3.05) is 0 Å². The van der Waals surface area contributed by atoms with Crippen LogP contribution in [-0.2, 0) is 0 Å². The summed E-state index contributed by atoms with van der Waals surface area (Å²) in [7, 11) is 0. The number of hydrogen-bond acceptors (Lipinski definition) is 3. The average molecular weight is 325 g/mol. The maximum atomic E-state index is 4.49. The summed E-state index contributed by atoms with van der Waals surface area (Å²) in [6.45, 7) is 0. The molecule has 0 N–H and O–H groups in total. The van der Waals surface area contributed by atoms with E-state index in [-0.39, 0.29) is 0 Å². The number of rotatable bonds is 1. The molecule has 4 nitrogen and oxygen atoms in total. The first kappa shape index (κ1) is 11.5. The van der Waals surface area contributed by atoms with Crippen LogP contribution in [0.25, 0.3) is 27.8 Å². The van der Waals surface area contributed by atoms with Gasteiger partial charge in [-0.25, -0.2) is 4.98 Å². The Bertz CT molecular complexity index is 929. The van der Waals surface area contributed by atoms with Crippen LogP contribution >= 0.6 is 15.9 Å². The maximum Gasteiger partial charge on any atom is 0.113 e. The molecule has 1 aromatic carbocycles. The predicted octanol–water partition coefficient (Wildman–Crippen LogP) is 3.73. The zero-order valence-electron chi connectivity index (χ0n) is 10.4. The van der Waals surface area contributed by atoms with Gasteiger partial charge in [0.05, 0.1) is 22.2 Å². The Hall–Kier alpha value is -2.27. The number of pyridine rings is 2. The number of fused-ring (bicyclic) bond motifs is 2. The summed E-state index contributed by atoms with van der Waals surface area (Å²) in [6, 6.07) is 12.0. The first-order chi connectivity index (χ1) is 9.83. The minimum absolute atomic E-state index is 0.856. The maximum absolute atomic E-state index is 4.49. The Labute approximate surface area is 123 Å². The molecule has 0 aliphatic carbocycles. The predicted molar refractivity (Wildman–Crippen MR) is 81.9 cm³/mol. The zero-order chi connectivity index (χ0) is 13.5. The summed E-state index contributed by atoms with van der Waals surface area (Å²) in [4.78, 5) is 13.3. The van der Waals surface area contributed by atoms with Gasteiger partial charge in [-0.2, -0.15) is 0 Å². The number of imidazole rings is 1. The van der Waals surface area contributed by atoms with Gasteiger partial charge in [-0.15, -0.1) is 0 Å². The summed E-state index contributed by atoms with van der Waals surface area (Å²) in [5, 5.41) is 0. The van der Waals surface area contributed by atoms with Crippen LogP contribution in [0.2, 0.25) is 0 Å². The van der Waals surface area contributed by atoms with Crippen LogP contribution in [0.5, 0.6) is 0 Å². The normalized spacial score (nSPS) is 11.2. The van der Waals surface area contributed by atoms with Crippen molar-refractivity contribution in [1.82, 2.24) is 19.5 Å². The van der Waals surface area contributed by atoms with Gasteiger partial charge in [0, 0.05) is 16.9 Å². The van der Waals surface area contributed by atoms with Gasteiger partial charge in [0.1, 0.15) is 11.8 Å². The van der Waals surface area contributed by atoms with Gasteiger partial charge in [-0.3, -0.25) is 14.5 Å². The quantitative estimate of drug-likeness (QED) is 0.536. The lowest BCUT2D eigenvalue weighted by Gasteiger charge is -2.07. The number of para-hydroxylation sites is 2. The Kier molecular flexibility index (Phi) is 2.53. The van der Waals surface area contributed by atoms with Crippen LogP contribution in [0.1, 0.15) is 0 Å². The minimum atomic E-state index is 0.856. The molecular formula is C15H9BrN4. The second kappa shape index (κ2) is 4.38. The second-order valence-electron chi connectivity index (χ2n) is 4.45. The molecule has 5 heteroatoms. The van der Waals surface area contributed by atoms with Gasteiger partial charge in [-0.05, 0) is 40.2 Å². The van der Waals surface area contributed by atoms with Gasteiger partial charge >= 0.3 is 0 Å². The molecule has 4 rings (SSSR count). The van der Waals surface area contributed by atoms with Crippen LogP contribution in [0.15, 0.2) is 59.6 Å². The number of halogens is 1. The third-order valence-corrected chi connectivity index (χ3v) is 3.67. The van der Waals surface area contributed by atoms with E-state index in [1.165, 1.54) is 0 Å². The van der Waals surface area contributed by atoms with E-state index in [0.29, 0.717) is 0 Å². The Balaban J connectivity index is 2.07. The summed E-state index contributed by atoms with van der Waals surface area (Å²) in [5.41, 5.74) is 4.73. The molecule has 0 saturated carbocycles. The molecule has 0 bridgehead atoms. The van der Waals surface area contributed by atoms with Crippen molar-refractivity contribution in [3.8, 4) is 5.69 Å². The number of benzene rings is 1. The van der Waals surface area contributed by atoms with Crippen LogP contribution in [-0.4, -0.2) is 19.5 Å². The van der Waals surface area contributed by atoms with E-state index < -0.39 is 0 Å². The highest BCUT2D eigenvalue weighted by atomic mass is 79.9. The molecule has 0 unspecified atom stereocenters. The molecule has 0 fully saturated rings. The fourth-order valence-electron chi connectivity index (χ4n) is 2.34. The van der Waals surface area contributed by atoms with Crippen molar-refractivity contribution in [1.29, 1.82) is 0 Å². The van der Waals surface area contributed by atoms with Gasteiger partial charge in [0.2, 0.25) is 0 Å². The summed E-state index contributed by atoms with van der Waals surface area (Å²) < 4.78 is 2.96. The Morgan fingerprint density at radius 1 is 0.950 bits per heavy atom. The lowest BCUT2D eigenvalue weighted by Crippen LogP contribution is -1.96. The van der Waals surface area contributed by atoms with E-state index >= 15 is 0 Å². The topological polar surface area (TPSA) is 43.6 Å². The Morgan fingerprint density at radius 3 is 2.80 bits per heavy atom. The van der Waals surface area contributed by atoms with Crippen LogP contribution in [0, 0.1) is 0 Å². The second-order valence-corrected chi connectivity index (χ2v) is 5.37. The third-order valence-electron chi connectivity index (χ3n) is 3.24. The molecule has 20 heavy (non-hydrogen) atoms. The lowest BCUT2D eigenvalue weighted by atomic mass is 10.2. The molecule has 0 radical (unpaired) electrons. The van der Waals surface area contributed by atoms with Gasteiger partial charge in [-0.1, -0.05) is 12.1 Å². The molecule has 3 heterocycles. The molecule has 96 valence electrons. The number of nitrogens with zero attached hydrogens (tertiary/aromatic N) is 4. The van der Waals surface area contributed by atoms with Crippen LogP contribution < -0.4 is 0 Å². The fourth-order valence-corrected chi connectivity index (χ4v) is 2.66. The molecule has 0 saturated heterocycles. The highest BCUT2D eigenvalue weighted by Crippen LogP contribution is 2.24. The standard InChI is InChI=1S/C15H9BrN4/c16-10-7-12-15(18-8-10)14(5-6-17-12)20-9-19-11-3-1-2-4-13(11)20/h1-9H. The van der Waals surface area contributed by atoms with E-state index in [2.05, 4.69) is 30.9 Å². The molecular weight excluding hydrogens is 316 g/mol. The molecule has 0 amide bonds. The van der Waals surface area contributed by atoms with Crippen LogP contribution in [0.3, 0.4) is 0 Å². The largest absolute Gasteiger partial charge is 0.297 e. The molecule has 0 atom stereocenters. The molecule has 0 aliphatic heterocycles. The fraction of sp³-hybridized carbons (Fsp3) is 0. The van der Waals surface area contributed by atoms with E-state index in [4.69, 9.17) is 0 Å². The SMILES string of the molecule is Brc1cnc2c(-n3cnc4ccccc43)ccnc2c1. The summed E-state index contributed by atoms with van der Waals surface area (Å²) in [6.07, 6.45) is 5.40. The van der Waals surface area contributed by atoms with E-state index in [9.17, 15) is 0 Å². The molecule has 4 aromatic rings. The van der Waals surface area contributed by atoms with Crippen molar-refractivity contribution >= 4 is 38.0 Å². The van der Waals surface area contributed by atoms with Crippen molar-refractivity contribution in [2.45, 2.75) is 0 Å². The van der Waals surface area contributed by atoms with Crippen LogP contribution in [0.4, 0.5) is 0 Å². The van der Waals surface area contributed by atoms with E-state index in [0.717, 1.165) is 32.2 Å². The lowest BCUT2D eigenvalue weighted by molar-refractivity contribution is 1.09. The highest BCUT2D eigenvalue weighted by molar-refractivity contribution is 9.10. The van der Waals surface area contributed by atoms with Crippen molar-refractivity contribution in [2.24, 2.45) is 0 Å². The molecule has 0 aliphatic rings. The van der Waals surface area contributed by atoms with Gasteiger partial charge in [0.25, 0.3) is 0 Å².